The molecule has 116 valence electrons. The van der Waals surface area contributed by atoms with Crippen molar-refractivity contribution in [3.63, 3.8) is 0 Å². The topological polar surface area (TPSA) is 55.4 Å². The van der Waals surface area contributed by atoms with Crippen molar-refractivity contribution in [2.24, 2.45) is 0 Å². The van der Waals surface area contributed by atoms with E-state index in [9.17, 15) is 9.59 Å². The third kappa shape index (κ3) is 4.18. The maximum Gasteiger partial charge on any atom is 0.340 e. The van der Waals surface area contributed by atoms with Crippen molar-refractivity contribution < 1.29 is 14.3 Å². The van der Waals surface area contributed by atoms with Crippen molar-refractivity contribution in [2.75, 3.05) is 5.32 Å². The Morgan fingerprint density at radius 2 is 2.00 bits per heavy atom. The SMILES string of the molecule is Cc1cc(C(=O)O[C@@H](C)C(=O)Nc2cccc(Br)c2)c(C)s1. The van der Waals surface area contributed by atoms with Crippen molar-refractivity contribution in [3.05, 3.63) is 50.1 Å². The first-order valence-electron chi connectivity index (χ1n) is 6.71. The monoisotopic (exact) mass is 381 g/mol. The van der Waals surface area contributed by atoms with Gasteiger partial charge < -0.3 is 10.1 Å². The molecule has 1 heterocycles. The summed E-state index contributed by atoms with van der Waals surface area (Å²) in [5.74, 6) is -0.838. The predicted octanol–water partition coefficient (Wildman–Crippen LogP) is 4.31. The highest BCUT2D eigenvalue weighted by atomic mass is 79.9. The molecular formula is C16H16BrNO3S. The van der Waals surface area contributed by atoms with Crippen LogP contribution < -0.4 is 5.32 Å². The van der Waals surface area contributed by atoms with Crippen molar-refractivity contribution in [1.82, 2.24) is 0 Å². The summed E-state index contributed by atoms with van der Waals surface area (Å²) in [5, 5.41) is 2.72. The van der Waals surface area contributed by atoms with E-state index in [1.807, 2.05) is 26.0 Å². The van der Waals surface area contributed by atoms with Gasteiger partial charge in [0.25, 0.3) is 5.91 Å². The van der Waals surface area contributed by atoms with E-state index in [2.05, 4.69) is 21.2 Å². The third-order valence-electron chi connectivity index (χ3n) is 3.01. The van der Waals surface area contributed by atoms with Crippen LogP contribution in [-0.2, 0) is 9.53 Å². The lowest BCUT2D eigenvalue weighted by Crippen LogP contribution is -2.30. The van der Waals surface area contributed by atoms with Crippen LogP contribution in [0.4, 0.5) is 5.69 Å². The number of amides is 1. The van der Waals surface area contributed by atoms with Gasteiger partial charge in [-0.3, -0.25) is 4.79 Å². The zero-order valence-electron chi connectivity index (χ0n) is 12.5. The van der Waals surface area contributed by atoms with Crippen molar-refractivity contribution >= 4 is 44.8 Å². The molecule has 1 aromatic heterocycles. The lowest BCUT2D eigenvalue weighted by atomic mass is 10.2. The first-order valence-corrected chi connectivity index (χ1v) is 8.32. The first-order chi connectivity index (χ1) is 10.4. The van der Waals surface area contributed by atoms with Gasteiger partial charge in [-0.2, -0.15) is 0 Å². The minimum absolute atomic E-state index is 0.365. The molecule has 0 spiro atoms. The van der Waals surface area contributed by atoms with Crippen LogP contribution in [0.2, 0.25) is 0 Å². The van der Waals surface area contributed by atoms with Gasteiger partial charge in [-0.1, -0.05) is 22.0 Å². The Morgan fingerprint density at radius 1 is 1.27 bits per heavy atom. The van der Waals surface area contributed by atoms with Gasteiger partial charge in [0.2, 0.25) is 0 Å². The number of benzene rings is 1. The van der Waals surface area contributed by atoms with Crippen LogP contribution in [0.1, 0.15) is 27.0 Å². The molecule has 2 aromatic rings. The fourth-order valence-electron chi connectivity index (χ4n) is 1.92. The second kappa shape index (κ2) is 7.07. The van der Waals surface area contributed by atoms with Gasteiger partial charge in [0.1, 0.15) is 0 Å². The van der Waals surface area contributed by atoms with Crippen molar-refractivity contribution in [2.45, 2.75) is 26.9 Å². The number of hydrogen-bond donors (Lipinski definition) is 1. The molecule has 0 saturated heterocycles. The quantitative estimate of drug-likeness (QED) is 0.802. The fraction of sp³-hybridized carbons (Fsp3) is 0.250. The molecule has 1 amide bonds. The standard InChI is InChI=1S/C16H16BrNO3S/c1-9-7-14(11(3)22-9)16(20)21-10(2)15(19)18-13-6-4-5-12(17)8-13/h4-8,10H,1-3H3,(H,18,19)/t10-/m0/s1. The molecule has 0 aliphatic carbocycles. The minimum atomic E-state index is -0.869. The number of carbonyl (C=O) groups is 2. The molecule has 0 aliphatic heterocycles. The number of nitrogens with one attached hydrogen (secondary N) is 1. The van der Waals surface area contributed by atoms with Gasteiger partial charge in [-0.15, -0.1) is 11.3 Å². The average molecular weight is 382 g/mol. The van der Waals surface area contributed by atoms with Gasteiger partial charge >= 0.3 is 5.97 Å². The number of hydrogen-bond acceptors (Lipinski definition) is 4. The van der Waals surface area contributed by atoms with Gasteiger partial charge in [0.05, 0.1) is 5.56 Å². The van der Waals surface area contributed by atoms with E-state index in [1.165, 1.54) is 11.3 Å². The Hall–Kier alpha value is -1.66. The number of ether oxygens (including phenoxy) is 1. The van der Waals surface area contributed by atoms with Gasteiger partial charge in [-0.25, -0.2) is 4.79 Å². The smallest absolute Gasteiger partial charge is 0.340 e. The Labute approximate surface area is 141 Å². The number of rotatable bonds is 4. The Balaban J connectivity index is 1.99. The van der Waals surface area contributed by atoms with Crippen LogP contribution in [0.15, 0.2) is 34.8 Å². The molecule has 0 aliphatic rings. The lowest BCUT2D eigenvalue weighted by molar-refractivity contribution is -0.123. The van der Waals surface area contributed by atoms with Crippen LogP contribution >= 0.6 is 27.3 Å². The molecule has 0 saturated carbocycles. The second-order valence-electron chi connectivity index (χ2n) is 4.87. The molecule has 2 rings (SSSR count). The van der Waals surface area contributed by atoms with Crippen LogP contribution in [0.3, 0.4) is 0 Å². The summed E-state index contributed by atoms with van der Waals surface area (Å²) in [6.45, 7) is 5.35. The molecule has 4 nitrogen and oxygen atoms in total. The zero-order valence-corrected chi connectivity index (χ0v) is 14.9. The summed E-state index contributed by atoms with van der Waals surface area (Å²) >= 11 is 4.87. The molecule has 0 unspecified atom stereocenters. The number of aryl methyl sites for hydroxylation is 2. The van der Waals surface area contributed by atoms with Crippen LogP contribution in [0, 0.1) is 13.8 Å². The Bertz CT molecular complexity index is 711. The first kappa shape index (κ1) is 16.7. The van der Waals surface area contributed by atoms with E-state index in [1.54, 1.807) is 25.1 Å². The van der Waals surface area contributed by atoms with Gasteiger partial charge in [-0.05, 0) is 45.0 Å². The molecule has 1 N–H and O–H groups in total. The number of thiophene rings is 1. The molecule has 22 heavy (non-hydrogen) atoms. The molecule has 1 aromatic carbocycles. The highest BCUT2D eigenvalue weighted by Gasteiger charge is 2.21. The lowest BCUT2D eigenvalue weighted by Gasteiger charge is -2.13. The van der Waals surface area contributed by atoms with E-state index in [0.717, 1.165) is 14.2 Å². The predicted molar refractivity (Wildman–Crippen MR) is 91.4 cm³/mol. The molecule has 0 bridgehead atoms. The van der Waals surface area contributed by atoms with Crippen molar-refractivity contribution in [1.29, 1.82) is 0 Å². The van der Waals surface area contributed by atoms with E-state index in [0.29, 0.717) is 11.3 Å². The molecular weight excluding hydrogens is 366 g/mol. The zero-order chi connectivity index (χ0) is 16.3. The third-order valence-corrected chi connectivity index (χ3v) is 4.47. The Kier molecular flexibility index (Phi) is 5.37. The highest BCUT2D eigenvalue weighted by Crippen LogP contribution is 2.22. The molecule has 0 fully saturated rings. The maximum absolute atomic E-state index is 12.1. The number of esters is 1. The average Bonchev–Trinajstić information content (AvgIpc) is 2.77. The highest BCUT2D eigenvalue weighted by molar-refractivity contribution is 9.10. The number of halogens is 1. The van der Waals surface area contributed by atoms with E-state index >= 15 is 0 Å². The van der Waals surface area contributed by atoms with E-state index in [-0.39, 0.29) is 5.91 Å². The second-order valence-corrected chi connectivity index (χ2v) is 7.25. The van der Waals surface area contributed by atoms with Crippen LogP contribution in [-0.4, -0.2) is 18.0 Å². The van der Waals surface area contributed by atoms with E-state index < -0.39 is 12.1 Å². The summed E-state index contributed by atoms with van der Waals surface area (Å²) in [6, 6.07) is 9.00. The number of anilines is 1. The normalized spacial score (nSPS) is 11.8. The number of carbonyl (C=O) groups excluding carboxylic acids is 2. The summed E-state index contributed by atoms with van der Waals surface area (Å²) in [6.07, 6.45) is -0.869. The van der Waals surface area contributed by atoms with Gasteiger partial charge in [0, 0.05) is 19.9 Å². The largest absolute Gasteiger partial charge is 0.449 e. The summed E-state index contributed by atoms with van der Waals surface area (Å²) in [7, 11) is 0. The molecule has 1 atom stereocenters. The Morgan fingerprint density at radius 3 is 2.59 bits per heavy atom. The summed E-state index contributed by atoms with van der Waals surface area (Å²) in [5.41, 5.74) is 1.16. The van der Waals surface area contributed by atoms with E-state index in [4.69, 9.17) is 4.74 Å². The van der Waals surface area contributed by atoms with Crippen molar-refractivity contribution in [3.8, 4) is 0 Å². The van der Waals surface area contributed by atoms with Crippen LogP contribution in [0.25, 0.3) is 0 Å². The summed E-state index contributed by atoms with van der Waals surface area (Å²) < 4.78 is 6.10. The van der Waals surface area contributed by atoms with Crippen LogP contribution in [0.5, 0.6) is 0 Å². The summed E-state index contributed by atoms with van der Waals surface area (Å²) in [4.78, 5) is 26.1. The van der Waals surface area contributed by atoms with Gasteiger partial charge in [0.15, 0.2) is 6.10 Å². The molecule has 0 radical (unpaired) electrons. The molecule has 6 heteroatoms. The fourth-order valence-corrected chi connectivity index (χ4v) is 3.23. The minimum Gasteiger partial charge on any atom is -0.449 e. The maximum atomic E-state index is 12.1.